The summed E-state index contributed by atoms with van der Waals surface area (Å²) in [7, 11) is -3.85. The zero-order chi connectivity index (χ0) is 26.0. The number of rotatable bonds is 8. The maximum absolute atomic E-state index is 13.8. The van der Waals surface area contributed by atoms with Gasteiger partial charge in [0.2, 0.25) is 0 Å². The molecule has 0 radical (unpaired) electrons. The molecule has 0 aromatic heterocycles. The van der Waals surface area contributed by atoms with Crippen molar-refractivity contribution < 1.29 is 23.4 Å². The molecule has 1 saturated heterocycles. The molecule has 0 bridgehead atoms. The maximum atomic E-state index is 13.8. The number of benzene rings is 2. The van der Waals surface area contributed by atoms with Crippen LogP contribution in [-0.4, -0.2) is 62.3 Å². The van der Waals surface area contributed by atoms with Gasteiger partial charge in [0.25, 0.3) is 10.0 Å². The van der Waals surface area contributed by atoms with Gasteiger partial charge in [-0.05, 0) is 67.0 Å². The average molecular weight is 516 g/mol. The predicted octanol–water partition coefficient (Wildman–Crippen LogP) is 4.34. The number of aryl methyl sites for hydroxylation is 1. The van der Waals surface area contributed by atoms with Crippen LogP contribution in [0.4, 0.5) is 16.2 Å². The number of carboxylic acid groups (broad SMARTS) is 1. The molecule has 1 amide bonds. The van der Waals surface area contributed by atoms with E-state index in [1.54, 1.807) is 18.2 Å². The highest BCUT2D eigenvalue weighted by molar-refractivity contribution is 7.92. The Morgan fingerprint density at radius 1 is 1.11 bits per heavy atom. The van der Waals surface area contributed by atoms with Crippen LogP contribution >= 0.6 is 0 Å². The van der Waals surface area contributed by atoms with Gasteiger partial charge >= 0.3 is 6.09 Å². The SMILES string of the molecule is CCc1ccc(N(CC(C)C)S(=O)(=O)c2ccc3c(c2)C(O)CCN3CC2CCN(C(=O)O)C2)cc1. The van der Waals surface area contributed by atoms with Crippen molar-refractivity contribution in [2.24, 2.45) is 11.8 Å². The maximum Gasteiger partial charge on any atom is 0.407 e. The van der Waals surface area contributed by atoms with Crippen LogP contribution < -0.4 is 9.21 Å². The van der Waals surface area contributed by atoms with Crippen LogP contribution in [0.25, 0.3) is 0 Å². The van der Waals surface area contributed by atoms with Crippen molar-refractivity contribution in [1.82, 2.24) is 4.90 Å². The monoisotopic (exact) mass is 515 g/mol. The summed E-state index contributed by atoms with van der Waals surface area (Å²) in [5.41, 5.74) is 3.21. The second kappa shape index (κ2) is 10.7. The van der Waals surface area contributed by atoms with Gasteiger partial charge < -0.3 is 20.0 Å². The van der Waals surface area contributed by atoms with Gasteiger partial charge in [0.15, 0.2) is 0 Å². The average Bonchev–Trinajstić information content (AvgIpc) is 3.33. The van der Waals surface area contributed by atoms with Crippen LogP contribution in [0.2, 0.25) is 0 Å². The Kier molecular flexibility index (Phi) is 7.80. The number of aliphatic hydroxyl groups is 1. The third kappa shape index (κ3) is 5.47. The van der Waals surface area contributed by atoms with Crippen molar-refractivity contribution in [2.75, 3.05) is 41.9 Å². The summed E-state index contributed by atoms with van der Waals surface area (Å²) in [5, 5.41) is 20.0. The predicted molar refractivity (Wildman–Crippen MR) is 141 cm³/mol. The smallest absolute Gasteiger partial charge is 0.407 e. The fourth-order valence-corrected chi connectivity index (χ4v) is 6.82. The van der Waals surface area contributed by atoms with Crippen LogP contribution in [0.3, 0.4) is 0 Å². The van der Waals surface area contributed by atoms with E-state index in [4.69, 9.17) is 0 Å². The molecule has 4 rings (SSSR count). The van der Waals surface area contributed by atoms with Gasteiger partial charge in [0.1, 0.15) is 0 Å². The fourth-order valence-electron chi connectivity index (χ4n) is 5.16. The Bertz CT molecular complexity index is 1180. The quantitative estimate of drug-likeness (QED) is 0.542. The number of amides is 1. The van der Waals surface area contributed by atoms with Crippen LogP contribution in [0.15, 0.2) is 47.4 Å². The molecule has 1 fully saturated rings. The lowest BCUT2D eigenvalue weighted by molar-refractivity contribution is 0.154. The molecule has 0 aliphatic carbocycles. The molecule has 2 aliphatic heterocycles. The Morgan fingerprint density at radius 2 is 1.83 bits per heavy atom. The number of fused-ring (bicyclic) bond motifs is 1. The molecule has 2 aromatic carbocycles. The summed E-state index contributed by atoms with van der Waals surface area (Å²) in [5.74, 6) is 0.335. The van der Waals surface area contributed by atoms with E-state index in [0.29, 0.717) is 50.4 Å². The molecular formula is C27H37N3O5S. The van der Waals surface area contributed by atoms with Crippen molar-refractivity contribution in [1.29, 1.82) is 0 Å². The summed E-state index contributed by atoms with van der Waals surface area (Å²) in [6, 6.07) is 12.7. The lowest BCUT2D eigenvalue weighted by Crippen LogP contribution is -2.37. The van der Waals surface area contributed by atoms with Crippen LogP contribution in [0.5, 0.6) is 0 Å². The van der Waals surface area contributed by atoms with Gasteiger partial charge in [-0.25, -0.2) is 13.2 Å². The summed E-state index contributed by atoms with van der Waals surface area (Å²) < 4.78 is 29.2. The lowest BCUT2D eigenvalue weighted by atomic mass is 9.97. The minimum atomic E-state index is -3.85. The van der Waals surface area contributed by atoms with Gasteiger partial charge in [-0.15, -0.1) is 0 Å². The molecule has 2 atom stereocenters. The van der Waals surface area contributed by atoms with Crippen LogP contribution in [0.1, 0.15) is 50.8 Å². The lowest BCUT2D eigenvalue weighted by Gasteiger charge is -2.36. The van der Waals surface area contributed by atoms with Gasteiger partial charge in [-0.2, -0.15) is 0 Å². The first kappa shape index (κ1) is 26.3. The standard InChI is InChI=1S/C27H37N3O5S/c1-4-20-5-7-22(8-6-20)30(16-19(2)3)36(34,35)23-9-10-25-24(15-23)26(31)12-14-28(25)17-21-11-13-29(18-21)27(32)33/h5-10,15,19,21,26,31H,4,11-14,16-18H2,1-3H3,(H,32,33). The molecule has 2 heterocycles. The number of carbonyl (C=O) groups is 1. The molecule has 2 unspecified atom stereocenters. The third-order valence-corrected chi connectivity index (χ3v) is 8.95. The van der Waals surface area contributed by atoms with E-state index in [0.717, 1.165) is 24.1 Å². The van der Waals surface area contributed by atoms with Crippen LogP contribution in [-0.2, 0) is 16.4 Å². The first-order valence-electron chi connectivity index (χ1n) is 12.8. The number of anilines is 2. The van der Waals surface area contributed by atoms with Crippen molar-refractivity contribution in [3.8, 4) is 0 Å². The second-order valence-electron chi connectivity index (χ2n) is 10.3. The Morgan fingerprint density at radius 3 is 2.44 bits per heavy atom. The van der Waals surface area contributed by atoms with E-state index in [2.05, 4.69) is 11.8 Å². The largest absolute Gasteiger partial charge is 0.465 e. The zero-order valence-electron chi connectivity index (χ0n) is 21.3. The summed E-state index contributed by atoms with van der Waals surface area (Å²) >= 11 is 0. The second-order valence-corrected chi connectivity index (χ2v) is 12.2. The molecule has 2 N–H and O–H groups in total. The molecular weight excluding hydrogens is 478 g/mol. The minimum absolute atomic E-state index is 0.126. The van der Waals surface area contributed by atoms with E-state index in [1.807, 2.05) is 38.1 Å². The van der Waals surface area contributed by atoms with Crippen molar-refractivity contribution in [3.63, 3.8) is 0 Å². The van der Waals surface area contributed by atoms with Crippen molar-refractivity contribution in [3.05, 3.63) is 53.6 Å². The van der Waals surface area contributed by atoms with E-state index in [1.165, 1.54) is 9.21 Å². The first-order valence-corrected chi connectivity index (χ1v) is 14.2. The number of sulfonamides is 1. The van der Waals surface area contributed by atoms with Crippen LogP contribution in [0, 0.1) is 11.8 Å². The van der Waals surface area contributed by atoms with Gasteiger partial charge in [0, 0.05) is 44.0 Å². The summed E-state index contributed by atoms with van der Waals surface area (Å²) in [6.07, 6.45) is 0.546. The van der Waals surface area contributed by atoms with E-state index < -0.39 is 22.2 Å². The molecule has 9 heteroatoms. The van der Waals surface area contributed by atoms with E-state index >= 15 is 0 Å². The fraction of sp³-hybridized carbons (Fsp3) is 0.519. The zero-order valence-corrected chi connectivity index (χ0v) is 22.1. The van der Waals surface area contributed by atoms with Gasteiger partial charge in [0.05, 0.1) is 16.7 Å². The normalized spacial score (nSPS) is 20.0. The summed E-state index contributed by atoms with van der Waals surface area (Å²) in [6.45, 7) is 8.75. The number of hydrogen-bond acceptors (Lipinski definition) is 5. The van der Waals surface area contributed by atoms with E-state index in [-0.39, 0.29) is 16.7 Å². The van der Waals surface area contributed by atoms with Crippen molar-refractivity contribution in [2.45, 2.75) is 51.0 Å². The third-order valence-electron chi connectivity index (χ3n) is 7.16. The molecule has 2 aliphatic rings. The Labute approximate surface area is 214 Å². The molecule has 2 aromatic rings. The number of hydrogen-bond donors (Lipinski definition) is 2. The Balaban J connectivity index is 1.62. The molecule has 0 spiro atoms. The molecule has 8 nitrogen and oxygen atoms in total. The Hall–Kier alpha value is -2.78. The van der Waals surface area contributed by atoms with Gasteiger partial charge in [-0.1, -0.05) is 32.9 Å². The van der Waals surface area contributed by atoms with Crippen molar-refractivity contribution >= 4 is 27.5 Å². The number of nitrogens with zero attached hydrogens (tertiary/aromatic N) is 3. The molecule has 36 heavy (non-hydrogen) atoms. The first-order chi connectivity index (χ1) is 17.1. The number of aliphatic hydroxyl groups excluding tert-OH is 1. The number of likely N-dealkylation sites (tertiary alicyclic amines) is 1. The highest BCUT2D eigenvalue weighted by Gasteiger charge is 2.33. The van der Waals surface area contributed by atoms with Gasteiger partial charge in [-0.3, -0.25) is 4.31 Å². The minimum Gasteiger partial charge on any atom is -0.465 e. The topological polar surface area (TPSA) is 101 Å². The highest BCUT2D eigenvalue weighted by Crippen LogP contribution is 2.37. The molecule has 196 valence electrons. The summed E-state index contributed by atoms with van der Waals surface area (Å²) in [4.78, 5) is 15.1. The van der Waals surface area contributed by atoms with E-state index in [9.17, 15) is 23.4 Å². The molecule has 0 saturated carbocycles. The highest BCUT2D eigenvalue weighted by atomic mass is 32.2.